The Morgan fingerprint density at radius 2 is 1.67 bits per heavy atom. The van der Waals surface area contributed by atoms with Crippen LogP contribution in [-0.2, 0) is 24.6 Å². The molecule has 0 bridgehead atoms. The zero-order chi connectivity index (χ0) is 5.82. The predicted octanol–water partition coefficient (Wildman–Crippen LogP) is 2.04. The van der Waals surface area contributed by atoms with Crippen molar-refractivity contribution < 1.29 is 30.1 Å². The van der Waals surface area contributed by atoms with Gasteiger partial charge in [-0.15, -0.1) is 0 Å². The topological polar surface area (TPSA) is 31.5 Å². The second-order valence-electron chi connectivity index (χ2n) is 2.91. The maximum atomic E-state index is 2.54. The molecule has 1 aliphatic rings. The van der Waals surface area contributed by atoms with Crippen LogP contribution in [0, 0.1) is 0 Å². The normalized spacial score (nSPS) is 20.1. The van der Waals surface area contributed by atoms with Crippen molar-refractivity contribution >= 4 is 0 Å². The van der Waals surface area contributed by atoms with Crippen LogP contribution in [0.2, 0.25) is 7.86 Å². The van der Waals surface area contributed by atoms with Crippen molar-refractivity contribution in [3.63, 3.8) is 0 Å². The molecule has 0 aromatic heterocycles. The molecule has 1 saturated carbocycles. The summed E-state index contributed by atoms with van der Waals surface area (Å²) in [4.78, 5) is 0. The van der Waals surface area contributed by atoms with Crippen LogP contribution in [0.3, 0.4) is 0 Å². The first-order chi connectivity index (χ1) is 3.93. The van der Waals surface area contributed by atoms with Gasteiger partial charge in [-0.05, 0) is 0 Å². The van der Waals surface area contributed by atoms with Gasteiger partial charge in [-0.1, -0.05) is 0 Å². The SMILES string of the molecule is O.[CH3][Hg][CH]1CCCCC1. The van der Waals surface area contributed by atoms with Crippen LogP contribution in [-0.4, -0.2) is 5.48 Å². The van der Waals surface area contributed by atoms with Crippen LogP contribution in [0.1, 0.15) is 32.1 Å². The molecule has 0 aromatic rings. The molecule has 52 valence electrons. The molecular weight excluding hydrogens is 301 g/mol. The third-order valence-electron chi connectivity index (χ3n) is 2.30. The third-order valence-corrected chi connectivity index (χ3v) is 9.97. The summed E-state index contributed by atoms with van der Waals surface area (Å²) in [5.74, 6) is 0. The van der Waals surface area contributed by atoms with Gasteiger partial charge >= 0.3 is 64.5 Å². The molecular formula is C7H16HgO. The molecule has 0 spiro atoms. The van der Waals surface area contributed by atoms with Crippen molar-refractivity contribution in [2.24, 2.45) is 0 Å². The van der Waals surface area contributed by atoms with Crippen LogP contribution in [0.15, 0.2) is 0 Å². The third kappa shape index (κ3) is 3.56. The molecule has 1 rings (SSSR count). The molecule has 9 heavy (non-hydrogen) atoms. The first kappa shape index (κ1) is 9.90. The van der Waals surface area contributed by atoms with E-state index in [1.165, 1.54) is 9.85 Å². The van der Waals surface area contributed by atoms with Gasteiger partial charge in [0.25, 0.3) is 0 Å². The van der Waals surface area contributed by atoms with Gasteiger partial charge in [-0.25, -0.2) is 0 Å². The van der Waals surface area contributed by atoms with Gasteiger partial charge < -0.3 is 5.48 Å². The molecule has 2 heteroatoms. The summed E-state index contributed by atoms with van der Waals surface area (Å²) in [5, 5.41) is 0. The predicted molar refractivity (Wildman–Crippen MR) is 36.3 cm³/mol. The van der Waals surface area contributed by atoms with Crippen molar-refractivity contribution in [1.82, 2.24) is 0 Å². The van der Waals surface area contributed by atoms with E-state index in [1.54, 1.807) is 25.7 Å². The average molecular weight is 317 g/mol. The van der Waals surface area contributed by atoms with Crippen LogP contribution < -0.4 is 0 Å². The van der Waals surface area contributed by atoms with E-state index in [1.807, 2.05) is 0 Å². The Kier molecular flexibility index (Phi) is 6.23. The molecule has 0 aromatic carbocycles. The van der Waals surface area contributed by atoms with Gasteiger partial charge in [0.05, 0.1) is 0 Å². The van der Waals surface area contributed by atoms with Crippen molar-refractivity contribution in [3.05, 3.63) is 0 Å². The van der Waals surface area contributed by atoms with E-state index in [4.69, 9.17) is 0 Å². The fourth-order valence-corrected chi connectivity index (χ4v) is 7.01. The first-order valence-electron chi connectivity index (χ1n) is 3.93. The molecule has 0 amide bonds. The van der Waals surface area contributed by atoms with Crippen molar-refractivity contribution in [1.29, 1.82) is 0 Å². The maximum absolute atomic E-state index is 2.54. The van der Waals surface area contributed by atoms with Gasteiger partial charge in [0.1, 0.15) is 0 Å². The quantitative estimate of drug-likeness (QED) is 0.663. The standard InChI is InChI=1S/C6H11.CH3.Hg.H2O/c1-2-4-6-5-3-1;;;/h1H,2-6H2;1H3;;1H2. The van der Waals surface area contributed by atoms with Gasteiger partial charge in [0.2, 0.25) is 0 Å². The van der Waals surface area contributed by atoms with Gasteiger partial charge in [-0.2, -0.15) is 0 Å². The molecule has 0 radical (unpaired) electrons. The minimum atomic E-state index is -0.261. The van der Waals surface area contributed by atoms with Crippen molar-refractivity contribution in [3.8, 4) is 0 Å². The average Bonchev–Trinajstić information content (AvgIpc) is 1.90. The summed E-state index contributed by atoms with van der Waals surface area (Å²) in [5.41, 5.74) is 0. The first-order valence-corrected chi connectivity index (χ1v) is 12.6. The Bertz CT molecular complexity index is 59.9. The molecule has 1 nitrogen and oxygen atoms in total. The van der Waals surface area contributed by atoms with Crippen LogP contribution in [0.4, 0.5) is 0 Å². The molecule has 1 fully saturated rings. The van der Waals surface area contributed by atoms with E-state index in [-0.39, 0.29) is 30.1 Å². The van der Waals surface area contributed by atoms with Gasteiger partial charge in [-0.3, -0.25) is 0 Å². The van der Waals surface area contributed by atoms with E-state index in [2.05, 4.69) is 4.43 Å². The van der Waals surface area contributed by atoms with E-state index < -0.39 is 0 Å². The molecule has 0 atom stereocenters. The minimum absolute atomic E-state index is 0. The second-order valence-corrected chi connectivity index (χ2v) is 10.6. The number of hydrogen-bond acceptors (Lipinski definition) is 0. The zero-order valence-corrected chi connectivity index (χ0v) is 11.8. The van der Waals surface area contributed by atoms with Crippen molar-refractivity contribution in [2.45, 2.75) is 40.0 Å². The summed E-state index contributed by atoms with van der Waals surface area (Å²) in [6, 6.07) is 0. The molecule has 0 aliphatic heterocycles. The second kappa shape index (κ2) is 5.66. The Morgan fingerprint density at radius 3 is 2.00 bits per heavy atom. The summed E-state index contributed by atoms with van der Waals surface area (Å²) in [7, 11) is 0. The van der Waals surface area contributed by atoms with Gasteiger partial charge in [0, 0.05) is 0 Å². The zero-order valence-electron chi connectivity index (χ0n) is 6.32. The monoisotopic (exact) mass is 318 g/mol. The molecule has 0 saturated heterocycles. The number of hydrogen-bond donors (Lipinski definition) is 0. The summed E-state index contributed by atoms with van der Waals surface area (Å²) >= 11 is -0.261. The Labute approximate surface area is 70.0 Å². The van der Waals surface area contributed by atoms with Crippen molar-refractivity contribution in [2.75, 3.05) is 0 Å². The summed E-state index contributed by atoms with van der Waals surface area (Å²) < 4.78 is 3.85. The number of rotatable bonds is 1. The van der Waals surface area contributed by atoms with Crippen LogP contribution in [0.25, 0.3) is 0 Å². The Balaban J connectivity index is 0.000000640. The van der Waals surface area contributed by atoms with E-state index >= 15 is 0 Å². The molecule has 0 unspecified atom stereocenters. The summed E-state index contributed by atoms with van der Waals surface area (Å²) in [6.45, 7) is 0. The molecule has 1 aliphatic carbocycles. The van der Waals surface area contributed by atoms with Crippen LogP contribution >= 0.6 is 0 Å². The van der Waals surface area contributed by atoms with E-state index in [9.17, 15) is 0 Å². The summed E-state index contributed by atoms with van der Waals surface area (Å²) in [6.07, 6.45) is 7.86. The Morgan fingerprint density at radius 1 is 1.11 bits per heavy atom. The van der Waals surface area contributed by atoms with Gasteiger partial charge in [0.15, 0.2) is 0 Å². The molecule has 2 N–H and O–H groups in total. The van der Waals surface area contributed by atoms with E-state index in [0.29, 0.717) is 0 Å². The van der Waals surface area contributed by atoms with E-state index in [0.717, 1.165) is 0 Å². The Hall–Kier alpha value is 0.895. The fraction of sp³-hybridized carbons (Fsp3) is 1.00. The van der Waals surface area contributed by atoms with Crippen LogP contribution in [0.5, 0.6) is 0 Å². The molecule has 0 heterocycles. The fourth-order valence-electron chi connectivity index (χ4n) is 1.60.